The summed E-state index contributed by atoms with van der Waals surface area (Å²) in [4.78, 5) is 10.2. The minimum atomic E-state index is -4.58. The summed E-state index contributed by atoms with van der Waals surface area (Å²) in [5, 5.41) is 2.91. The third-order valence-electron chi connectivity index (χ3n) is 1.91. The van der Waals surface area contributed by atoms with Gasteiger partial charge in [0.15, 0.2) is 5.71 Å². The number of carbonyl (C=O) groups excluding carboxylic acids is 1. The summed E-state index contributed by atoms with van der Waals surface area (Å²) in [5.41, 5.74) is 5.73. The Morgan fingerprint density at radius 2 is 2.07 bits per heavy atom. The van der Waals surface area contributed by atoms with Gasteiger partial charge in [-0.3, -0.25) is 0 Å². The Labute approximate surface area is 84.0 Å². The Hall–Kier alpha value is -1.53. The lowest BCUT2D eigenvalue weighted by molar-refractivity contribution is -0.0580. The molecule has 4 nitrogen and oxygen atoms in total. The first-order chi connectivity index (χ1) is 6.89. The van der Waals surface area contributed by atoms with Crippen molar-refractivity contribution in [1.82, 2.24) is 5.43 Å². The van der Waals surface area contributed by atoms with Gasteiger partial charge in [-0.15, -0.1) is 0 Å². The van der Waals surface area contributed by atoms with Gasteiger partial charge in [-0.2, -0.15) is 18.3 Å². The van der Waals surface area contributed by atoms with E-state index in [0.717, 1.165) is 12.5 Å². The summed E-state index contributed by atoms with van der Waals surface area (Å²) < 4.78 is 37.0. The molecule has 0 atom stereocenters. The average molecular weight is 221 g/mol. The number of nitrogens with zero attached hydrogens (tertiary/aromatic N) is 1. The van der Waals surface area contributed by atoms with Crippen molar-refractivity contribution in [3.05, 3.63) is 11.6 Å². The van der Waals surface area contributed by atoms with E-state index in [-0.39, 0.29) is 0 Å². The highest BCUT2D eigenvalue weighted by molar-refractivity contribution is 6.00. The van der Waals surface area contributed by atoms with Gasteiger partial charge >= 0.3 is 12.2 Å². The molecule has 0 aromatic heterocycles. The van der Waals surface area contributed by atoms with E-state index in [1.165, 1.54) is 0 Å². The molecule has 0 heterocycles. The van der Waals surface area contributed by atoms with Crippen LogP contribution in [-0.4, -0.2) is 17.9 Å². The average Bonchev–Trinajstić information content (AvgIpc) is 1.97. The number of rotatable bonds is 2. The van der Waals surface area contributed by atoms with E-state index < -0.39 is 17.9 Å². The van der Waals surface area contributed by atoms with Crippen LogP contribution in [0.25, 0.3) is 0 Å². The Balaban J connectivity index is 2.77. The topological polar surface area (TPSA) is 67.5 Å². The number of allylic oxidation sites excluding steroid dienone is 2. The zero-order valence-electron chi connectivity index (χ0n) is 7.77. The summed E-state index contributed by atoms with van der Waals surface area (Å²) in [6.45, 7) is 0. The summed E-state index contributed by atoms with van der Waals surface area (Å²) in [6, 6.07) is -1.12. The van der Waals surface area contributed by atoms with Crippen LogP contribution in [0.3, 0.4) is 0 Å². The standard InChI is InChI=1S/C8H10F3N3O/c9-8(10,11)6(13-14-7(12)15)4-5-2-1-3-5/h4H,1-3H2,(H3,12,14,15). The number of primary amides is 1. The third-order valence-corrected chi connectivity index (χ3v) is 1.91. The molecule has 7 heteroatoms. The van der Waals surface area contributed by atoms with E-state index in [2.05, 4.69) is 10.8 Å². The van der Waals surface area contributed by atoms with Crippen LogP contribution in [0.15, 0.2) is 16.8 Å². The van der Waals surface area contributed by atoms with Crippen molar-refractivity contribution in [3.63, 3.8) is 0 Å². The van der Waals surface area contributed by atoms with Crippen LogP contribution in [0.4, 0.5) is 18.0 Å². The molecular weight excluding hydrogens is 211 g/mol. The second-order valence-electron chi connectivity index (χ2n) is 3.13. The van der Waals surface area contributed by atoms with E-state index >= 15 is 0 Å². The van der Waals surface area contributed by atoms with Gasteiger partial charge in [-0.25, -0.2) is 10.2 Å². The first kappa shape index (κ1) is 11.5. The number of nitrogens with one attached hydrogen (secondary N) is 1. The molecule has 0 saturated heterocycles. The van der Waals surface area contributed by atoms with Gasteiger partial charge in [0.2, 0.25) is 0 Å². The molecule has 0 aliphatic heterocycles. The highest BCUT2D eigenvalue weighted by atomic mass is 19.4. The van der Waals surface area contributed by atoms with Crippen LogP contribution in [0.2, 0.25) is 0 Å². The second kappa shape index (κ2) is 4.33. The summed E-state index contributed by atoms with van der Waals surface area (Å²) in [7, 11) is 0. The zero-order chi connectivity index (χ0) is 11.5. The Bertz CT molecular complexity index is 314. The van der Waals surface area contributed by atoms with E-state index in [0.29, 0.717) is 18.4 Å². The maximum Gasteiger partial charge on any atom is 0.435 e. The molecule has 1 aliphatic carbocycles. The SMILES string of the molecule is NC(=O)NN=C(C=C1CCC1)C(F)(F)F. The molecule has 15 heavy (non-hydrogen) atoms. The number of nitrogens with two attached hydrogens (primary N) is 1. The van der Waals surface area contributed by atoms with Crippen LogP contribution in [0.5, 0.6) is 0 Å². The normalized spacial score (nSPS) is 17.0. The highest BCUT2D eigenvalue weighted by Gasteiger charge is 2.35. The molecule has 3 N–H and O–H groups in total. The quantitative estimate of drug-likeness (QED) is 0.540. The predicted molar refractivity (Wildman–Crippen MR) is 48.1 cm³/mol. The number of carbonyl (C=O) groups is 1. The van der Waals surface area contributed by atoms with Gasteiger partial charge in [0.05, 0.1) is 0 Å². The van der Waals surface area contributed by atoms with Gasteiger partial charge in [0.25, 0.3) is 0 Å². The predicted octanol–water partition coefficient (Wildman–Crippen LogP) is 1.68. The van der Waals surface area contributed by atoms with E-state index in [4.69, 9.17) is 0 Å². The summed E-state index contributed by atoms with van der Waals surface area (Å²) in [6.07, 6.45) is -1.46. The zero-order valence-corrected chi connectivity index (χ0v) is 7.77. The lowest BCUT2D eigenvalue weighted by Gasteiger charge is -2.17. The summed E-state index contributed by atoms with van der Waals surface area (Å²) in [5.74, 6) is 0. The minimum Gasteiger partial charge on any atom is -0.350 e. The van der Waals surface area contributed by atoms with Crippen LogP contribution >= 0.6 is 0 Å². The fraction of sp³-hybridized carbons (Fsp3) is 0.500. The Kier molecular flexibility index (Phi) is 3.33. The second-order valence-corrected chi connectivity index (χ2v) is 3.13. The Morgan fingerprint density at radius 1 is 1.47 bits per heavy atom. The third kappa shape index (κ3) is 3.61. The number of alkyl halides is 3. The molecule has 0 unspecified atom stereocenters. The first-order valence-corrected chi connectivity index (χ1v) is 4.29. The van der Waals surface area contributed by atoms with Crippen molar-refractivity contribution in [2.75, 3.05) is 0 Å². The van der Waals surface area contributed by atoms with Crippen molar-refractivity contribution in [1.29, 1.82) is 0 Å². The molecule has 2 amide bonds. The maximum atomic E-state index is 12.3. The molecule has 0 aromatic carbocycles. The van der Waals surface area contributed by atoms with Gasteiger partial charge < -0.3 is 5.73 Å². The monoisotopic (exact) mass is 221 g/mol. The van der Waals surface area contributed by atoms with Crippen molar-refractivity contribution >= 4 is 11.7 Å². The molecule has 0 spiro atoms. The number of halogens is 3. The lowest BCUT2D eigenvalue weighted by atomic mass is 9.91. The van der Waals surface area contributed by atoms with Gasteiger partial charge in [-0.1, -0.05) is 5.57 Å². The molecule has 0 aromatic rings. The fourth-order valence-corrected chi connectivity index (χ4v) is 1.01. The number of amides is 2. The smallest absolute Gasteiger partial charge is 0.350 e. The molecule has 1 rings (SSSR count). The number of hydrogen-bond acceptors (Lipinski definition) is 2. The molecule has 0 radical (unpaired) electrons. The van der Waals surface area contributed by atoms with Crippen LogP contribution in [-0.2, 0) is 0 Å². The van der Waals surface area contributed by atoms with Crippen molar-refractivity contribution in [2.45, 2.75) is 25.4 Å². The maximum absolute atomic E-state index is 12.3. The molecular formula is C8H10F3N3O. The van der Waals surface area contributed by atoms with Gasteiger partial charge in [-0.05, 0) is 25.3 Å². The number of hydrogen-bond donors (Lipinski definition) is 2. The molecule has 1 aliphatic rings. The molecule has 1 saturated carbocycles. The van der Waals surface area contributed by atoms with Crippen molar-refractivity contribution < 1.29 is 18.0 Å². The van der Waals surface area contributed by atoms with Crippen LogP contribution < -0.4 is 11.2 Å². The van der Waals surface area contributed by atoms with Crippen molar-refractivity contribution in [2.24, 2.45) is 10.8 Å². The van der Waals surface area contributed by atoms with E-state index in [9.17, 15) is 18.0 Å². The van der Waals surface area contributed by atoms with Crippen LogP contribution in [0.1, 0.15) is 19.3 Å². The highest BCUT2D eigenvalue weighted by Crippen LogP contribution is 2.28. The van der Waals surface area contributed by atoms with E-state index in [1.807, 2.05) is 0 Å². The molecule has 0 bridgehead atoms. The fourth-order valence-electron chi connectivity index (χ4n) is 1.01. The van der Waals surface area contributed by atoms with Crippen molar-refractivity contribution in [3.8, 4) is 0 Å². The van der Waals surface area contributed by atoms with E-state index in [1.54, 1.807) is 5.43 Å². The number of urea groups is 1. The first-order valence-electron chi connectivity index (χ1n) is 4.29. The summed E-state index contributed by atoms with van der Waals surface area (Å²) >= 11 is 0. The Morgan fingerprint density at radius 3 is 2.40 bits per heavy atom. The number of hydrazone groups is 1. The minimum absolute atomic E-state index is 0.645. The largest absolute Gasteiger partial charge is 0.435 e. The van der Waals surface area contributed by atoms with Crippen LogP contribution in [0, 0.1) is 0 Å². The molecule has 1 fully saturated rings. The van der Waals surface area contributed by atoms with Gasteiger partial charge in [0, 0.05) is 0 Å². The van der Waals surface area contributed by atoms with Gasteiger partial charge in [0.1, 0.15) is 0 Å². The lowest BCUT2D eigenvalue weighted by Crippen LogP contribution is -2.30. The molecule has 84 valence electrons.